The molecule has 1 atom stereocenters. The first-order valence-electron chi connectivity index (χ1n) is 9.20. The Morgan fingerprint density at radius 2 is 2.16 bits per heavy atom. The summed E-state index contributed by atoms with van der Waals surface area (Å²) in [6.45, 7) is 3.40. The van der Waals surface area contributed by atoms with E-state index < -0.39 is 4.92 Å². The highest BCUT2D eigenvalue weighted by atomic mass is 16.6. The number of amides is 1. The van der Waals surface area contributed by atoms with Crippen molar-refractivity contribution in [3.63, 3.8) is 0 Å². The van der Waals surface area contributed by atoms with Crippen molar-refractivity contribution in [3.05, 3.63) is 76.8 Å². The van der Waals surface area contributed by atoms with Crippen LogP contribution in [-0.4, -0.2) is 34.0 Å². The lowest BCUT2D eigenvalue weighted by Gasteiger charge is -2.19. The first-order chi connectivity index (χ1) is 14.9. The van der Waals surface area contributed by atoms with Crippen molar-refractivity contribution in [2.24, 2.45) is 5.73 Å². The molecule has 0 aliphatic heterocycles. The Balaban J connectivity index is 1.85. The monoisotopic (exact) mass is 423 g/mol. The highest BCUT2D eigenvalue weighted by Crippen LogP contribution is 2.28. The minimum atomic E-state index is -0.586. The molecule has 0 radical (unpaired) electrons. The number of aromatic nitrogens is 2. The highest BCUT2D eigenvalue weighted by molar-refractivity contribution is 5.99. The molecule has 0 saturated heterocycles. The zero-order valence-electron chi connectivity index (χ0n) is 16.7. The van der Waals surface area contributed by atoms with Gasteiger partial charge < -0.3 is 26.4 Å². The summed E-state index contributed by atoms with van der Waals surface area (Å²) in [5, 5.41) is 20.0. The third-order valence-electron chi connectivity index (χ3n) is 4.29. The van der Waals surface area contributed by atoms with E-state index in [1.165, 1.54) is 7.11 Å². The molecule has 0 fully saturated rings. The normalized spacial score (nSPS) is 15.2. The lowest BCUT2D eigenvalue weighted by atomic mass is 10.1. The molecule has 0 saturated carbocycles. The van der Waals surface area contributed by atoms with Crippen LogP contribution in [-0.2, 0) is 9.53 Å². The number of nitrogens with two attached hydrogens (primary N) is 1. The summed E-state index contributed by atoms with van der Waals surface area (Å²) in [6, 6.07) is 6.41. The molecule has 11 nitrogen and oxygen atoms in total. The molecule has 5 N–H and O–H groups in total. The van der Waals surface area contributed by atoms with Gasteiger partial charge in [-0.05, 0) is 30.7 Å². The van der Waals surface area contributed by atoms with Crippen LogP contribution in [0.15, 0.2) is 66.7 Å². The molecule has 2 aromatic rings. The number of methoxy groups -OCH3 is 1. The first kappa shape index (κ1) is 21.5. The number of carbonyl (C=O) groups is 1. The smallest absolute Gasteiger partial charge is 0.329 e. The summed E-state index contributed by atoms with van der Waals surface area (Å²) in [4.78, 5) is 30.6. The number of carbonyl (C=O) groups excluding carboxylic acids is 1. The molecule has 1 unspecified atom stereocenters. The number of nitrogens with one attached hydrogen (secondary N) is 3. The van der Waals surface area contributed by atoms with Crippen molar-refractivity contribution in [3.8, 4) is 0 Å². The van der Waals surface area contributed by atoms with Crippen LogP contribution >= 0.6 is 0 Å². The van der Waals surface area contributed by atoms with Gasteiger partial charge in [-0.3, -0.25) is 14.9 Å². The van der Waals surface area contributed by atoms with Gasteiger partial charge in [0.1, 0.15) is 12.0 Å². The van der Waals surface area contributed by atoms with Gasteiger partial charge in [0, 0.05) is 23.1 Å². The lowest BCUT2D eigenvalue weighted by Crippen LogP contribution is -2.26. The van der Waals surface area contributed by atoms with Crippen molar-refractivity contribution < 1.29 is 14.5 Å². The molecule has 31 heavy (non-hydrogen) atoms. The van der Waals surface area contributed by atoms with Gasteiger partial charge >= 0.3 is 5.69 Å². The van der Waals surface area contributed by atoms with Crippen LogP contribution in [0.3, 0.4) is 0 Å². The standard InChI is InChI=1S/C20H21N7O4/c1-3-18(28)23-12-5-4-6-13(9-12)24-19-16(27(29)30)11-22-20(26-19)25-14-7-8-15(21)17(10-14)31-2/h3-7,9-11,15H,1,8,21H2,2H3,(H,23,28)(H2,22,24,25,26). The van der Waals surface area contributed by atoms with Gasteiger partial charge in [0.05, 0.1) is 18.1 Å². The van der Waals surface area contributed by atoms with Crippen LogP contribution in [0.4, 0.5) is 28.8 Å². The van der Waals surface area contributed by atoms with E-state index in [1.807, 2.05) is 6.08 Å². The number of allylic oxidation sites excluding steroid dienone is 1. The number of nitrogens with zero attached hydrogens (tertiary/aromatic N) is 3. The van der Waals surface area contributed by atoms with Gasteiger partial charge in [0.2, 0.25) is 17.7 Å². The fraction of sp³-hybridized carbons (Fsp3) is 0.150. The van der Waals surface area contributed by atoms with Crippen molar-refractivity contribution in [2.75, 3.05) is 23.1 Å². The number of hydrogen-bond donors (Lipinski definition) is 4. The Morgan fingerprint density at radius 3 is 2.87 bits per heavy atom. The Hall–Kier alpha value is -4.25. The number of benzene rings is 1. The largest absolute Gasteiger partial charge is 0.499 e. The van der Waals surface area contributed by atoms with Crippen LogP contribution in [0.25, 0.3) is 0 Å². The van der Waals surface area contributed by atoms with E-state index in [4.69, 9.17) is 10.5 Å². The predicted octanol–water partition coefficient (Wildman–Crippen LogP) is 2.81. The lowest BCUT2D eigenvalue weighted by molar-refractivity contribution is -0.384. The molecule has 1 heterocycles. The van der Waals surface area contributed by atoms with E-state index in [2.05, 4.69) is 32.5 Å². The van der Waals surface area contributed by atoms with Gasteiger partial charge in [0.15, 0.2) is 0 Å². The molecule has 1 aliphatic rings. The third-order valence-corrected chi connectivity index (χ3v) is 4.29. The molecule has 1 amide bonds. The van der Waals surface area contributed by atoms with Gasteiger partial charge in [-0.1, -0.05) is 18.7 Å². The zero-order valence-corrected chi connectivity index (χ0v) is 16.7. The zero-order chi connectivity index (χ0) is 22.4. The molecule has 1 aromatic heterocycles. The fourth-order valence-electron chi connectivity index (χ4n) is 2.78. The van der Waals surface area contributed by atoms with E-state index in [9.17, 15) is 14.9 Å². The van der Waals surface area contributed by atoms with E-state index in [-0.39, 0.29) is 29.4 Å². The van der Waals surface area contributed by atoms with Crippen molar-refractivity contribution in [2.45, 2.75) is 12.5 Å². The predicted molar refractivity (Wildman–Crippen MR) is 117 cm³/mol. The summed E-state index contributed by atoms with van der Waals surface area (Å²) in [7, 11) is 1.53. The minimum Gasteiger partial charge on any atom is -0.499 e. The Labute approximate surface area is 177 Å². The summed E-state index contributed by atoms with van der Waals surface area (Å²) in [5.41, 5.74) is 7.28. The summed E-state index contributed by atoms with van der Waals surface area (Å²) in [5.74, 6) is 0.362. The average Bonchev–Trinajstić information content (AvgIpc) is 2.75. The Kier molecular flexibility index (Phi) is 6.58. The van der Waals surface area contributed by atoms with E-state index in [0.29, 0.717) is 29.3 Å². The second-order valence-electron chi connectivity index (χ2n) is 6.46. The van der Waals surface area contributed by atoms with Crippen molar-refractivity contribution >= 4 is 34.7 Å². The van der Waals surface area contributed by atoms with Crippen LogP contribution in [0, 0.1) is 10.1 Å². The van der Waals surface area contributed by atoms with Gasteiger partial charge in [0.25, 0.3) is 0 Å². The molecular weight excluding hydrogens is 402 g/mol. The number of ether oxygens (including phenoxy) is 1. The maximum absolute atomic E-state index is 11.5. The summed E-state index contributed by atoms with van der Waals surface area (Å²) < 4.78 is 5.25. The van der Waals surface area contributed by atoms with E-state index >= 15 is 0 Å². The number of hydrogen-bond acceptors (Lipinski definition) is 9. The van der Waals surface area contributed by atoms with Gasteiger partial charge in [-0.15, -0.1) is 0 Å². The van der Waals surface area contributed by atoms with E-state index in [0.717, 1.165) is 12.3 Å². The number of rotatable bonds is 8. The quantitative estimate of drug-likeness (QED) is 0.285. The number of nitro groups is 1. The van der Waals surface area contributed by atoms with Gasteiger partial charge in [-0.25, -0.2) is 4.98 Å². The molecular formula is C20H21N7O4. The second kappa shape index (κ2) is 9.50. The second-order valence-corrected chi connectivity index (χ2v) is 6.46. The molecule has 1 aliphatic carbocycles. The fourth-order valence-corrected chi connectivity index (χ4v) is 2.78. The van der Waals surface area contributed by atoms with Crippen LogP contribution < -0.4 is 21.7 Å². The van der Waals surface area contributed by atoms with Crippen LogP contribution in [0.5, 0.6) is 0 Å². The Morgan fingerprint density at radius 1 is 1.39 bits per heavy atom. The van der Waals surface area contributed by atoms with Gasteiger partial charge in [-0.2, -0.15) is 4.98 Å². The van der Waals surface area contributed by atoms with E-state index in [1.54, 1.807) is 30.3 Å². The maximum Gasteiger partial charge on any atom is 0.329 e. The molecule has 1 aromatic carbocycles. The minimum absolute atomic E-state index is 0.0150. The third kappa shape index (κ3) is 5.42. The first-order valence-corrected chi connectivity index (χ1v) is 9.20. The Bertz CT molecular complexity index is 1080. The summed E-state index contributed by atoms with van der Waals surface area (Å²) in [6.07, 6.45) is 6.39. The molecule has 3 rings (SSSR count). The van der Waals surface area contributed by atoms with Crippen molar-refractivity contribution in [1.29, 1.82) is 0 Å². The molecule has 160 valence electrons. The number of anilines is 4. The molecule has 0 bridgehead atoms. The average molecular weight is 423 g/mol. The topological polar surface area (TPSA) is 157 Å². The van der Waals surface area contributed by atoms with Crippen molar-refractivity contribution in [1.82, 2.24) is 9.97 Å². The molecule has 0 spiro atoms. The summed E-state index contributed by atoms with van der Waals surface area (Å²) >= 11 is 0. The van der Waals surface area contributed by atoms with Crippen LogP contribution in [0.2, 0.25) is 0 Å². The highest BCUT2D eigenvalue weighted by Gasteiger charge is 2.19. The van der Waals surface area contributed by atoms with Crippen LogP contribution in [0.1, 0.15) is 6.42 Å². The molecule has 11 heteroatoms. The maximum atomic E-state index is 11.5. The SMILES string of the molecule is C=CC(=O)Nc1cccc(Nc2nc(NC3=CCC(N)C(OC)=C3)ncc2[N+](=O)[O-])c1.